The second-order valence-corrected chi connectivity index (χ2v) is 4.56. The van der Waals surface area contributed by atoms with Crippen LogP contribution in [0, 0.1) is 6.92 Å². The van der Waals surface area contributed by atoms with Crippen LogP contribution in [0.25, 0.3) is 0 Å². The molecule has 5 nitrogen and oxygen atoms in total. The van der Waals surface area contributed by atoms with E-state index in [-0.39, 0.29) is 6.10 Å². The van der Waals surface area contributed by atoms with Gasteiger partial charge in [-0.2, -0.15) is 0 Å². The molecule has 1 aromatic rings. The standard InChI is InChI=1S/C12H20N4O/c1-9-6-14-12(5-11(9)13)15-7-10-8-16(2)3-4-17-10/h5-6,10H,3-4,7-8H2,1-2H3,(H3,13,14,15). The molecule has 1 fully saturated rings. The molecule has 1 aliphatic rings. The first-order valence-electron chi connectivity index (χ1n) is 5.91. The van der Waals surface area contributed by atoms with E-state index in [4.69, 9.17) is 10.5 Å². The van der Waals surface area contributed by atoms with E-state index in [9.17, 15) is 0 Å². The SMILES string of the molecule is Cc1cnc(NCC2CN(C)CCO2)cc1N. The summed E-state index contributed by atoms with van der Waals surface area (Å²) >= 11 is 0. The van der Waals surface area contributed by atoms with Crippen LogP contribution in [-0.4, -0.2) is 49.3 Å². The number of rotatable bonds is 3. The highest BCUT2D eigenvalue weighted by Crippen LogP contribution is 2.14. The Labute approximate surface area is 102 Å². The molecule has 0 radical (unpaired) electrons. The zero-order valence-electron chi connectivity index (χ0n) is 10.4. The largest absolute Gasteiger partial charge is 0.398 e. The van der Waals surface area contributed by atoms with Gasteiger partial charge in [-0.25, -0.2) is 4.98 Å². The van der Waals surface area contributed by atoms with E-state index < -0.39 is 0 Å². The zero-order chi connectivity index (χ0) is 12.3. The number of morpholine rings is 1. The van der Waals surface area contributed by atoms with Crippen LogP contribution >= 0.6 is 0 Å². The van der Waals surface area contributed by atoms with Crippen molar-refractivity contribution >= 4 is 11.5 Å². The fourth-order valence-corrected chi connectivity index (χ4v) is 1.84. The molecular weight excluding hydrogens is 216 g/mol. The van der Waals surface area contributed by atoms with Crippen molar-refractivity contribution in [2.24, 2.45) is 0 Å². The van der Waals surface area contributed by atoms with Gasteiger partial charge < -0.3 is 20.7 Å². The van der Waals surface area contributed by atoms with Crippen LogP contribution in [0.1, 0.15) is 5.56 Å². The molecule has 1 unspecified atom stereocenters. The number of anilines is 2. The molecule has 94 valence electrons. The molecular formula is C12H20N4O. The monoisotopic (exact) mass is 236 g/mol. The van der Waals surface area contributed by atoms with Crippen LogP contribution in [-0.2, 0) is 4.74 Å². The molecule has 0 aromatic carbocycles. The van der Waals surface area contributed by atoms with E-state index >= 15 is 0 Å². The number of hydrogen-bond acceptors (Lipinski definition) is 5. The summed E-state index contributed by atoms with van der Waals surface area (Å²) in [6.07, 6.45) is 2.00. The topological polar surface area (TPSA) is 63.4 Å². The van der Waals surface area contributed by atoms with E-state index in [0.29, 0.717) is 0 Å². The number of aromatic nitrogens is 1. The van der Waals surface area contributed by atoms with E-state index in [1.807, 2.05) is 13.0 Å². The van der Waals surface area contributed by atoms with E-state index in [2.05, 4.69) is 22.2 Å². The Hall–Kier alpha value is -1.33. The van der Waals surface area contributed by atoms with Crippen LogP contribution in [0.2, 0.25) is 0 Å². The maximum Gasteiger partial charge on any atom is 0.128 e. The van der Waals surface area contributed by atoms with Gasteiger partial charge in [0.25, 0.3) is 0 Å². The van der Waals surface area contributed by atoms with Crippen molar-refractivity contribution in [2.75, 3.05) is 44.3 Å². The summed E-state index contributed by atoms with van der Waals surface area (Å²) < 4.78 is 5.66. The van der Waals surface area contributed by atoms with Gasteiger partial charge in [-0.1, -0.05) is 0 Å². The number of hydrogen-bond donors (Lipinski definition) is 2. The van der Waals surface area contributed by atoms with Gasteiger partial charge in [0, 0.05) is 37.6 Å². The Morgan fingerprint density at radius 3 is 3.18 bits per heavy atom. The maximum atomic E-state index is 5.83. The Morgan fingerprint density at radius 2 is 2.47 bits per heavy atom. The first kappa shape index (κ1) is 12.1. The Balaban J connectivity index is 1.86. The van der Waals surface area contributed by atoms with Gasteiger partial charge in [-0.3, -0.25) is 0 Å². The molecule has 2 rings (SSSR count). The number of nitrogens with one attached hydrogen (secondary N) is 1. The van der Waals surface area contributed by atoms with Crippen molar-refractivity contribution in [2.45, 2.75) is 13.0 Å². The number of aryl methyl sites for hydroxylation is 1. The van der Waals surface area contributed by atoms with Crippen molar-refractivity contribution in [3.8, 4) is 0 Å². The molecule has 0 amide bonds. The van der Waals surface area contributed by atoms with Crippen molar-refractivity contribution in [3.05, 3.63) is 17.8 Å². The molecule has 0 bridgehead atoms. The van der Waals surface area contributed by atoms with Crippen molar-refractivity contribution in [3.63, 3.8) is 0 Å². The first-order chi connectivity index (χ1) is 8.15. The molecule has 0 saturated carbocycles. The van der Waals surface area contributed by atoms with Crippen LogP contribution < -0.4 is 11.1 Å². The third-order valence-electron chi connectivity index (χ3n) is 3.00. The molecule has 0 spiro atoms. The Morgan fingerprint density at radius 1 is 1.65 bits per heavy atom. The summed E-state index contributed by atoms with van der Waals surface area (Å²) in [7, 11) is 2.11. The minimum absolute atomic E-state index is 0.220. The van der Waals surface area contributed by atoms with Gasteiger partial charge in [0.1, 0.15) is 5.82 Å². The highest BCUT2D eigenvalue weighted by Gasteiger charge is 2.17. The fourth-order valence-electron chi connectivity index (χ4n) is 1.84. The molecule has 3 N–H and O–H groups in total. The zero-order valence-corrected chi connectivity index (χ0v) is 10.4. The summed E-state index contributed by atoms with van der Waals surface area (Å²) in [5.74, 6) is 0.810. The third kappa shape index (κ3) is 3.31. The molecule has 17 heavy (non-hydrogen) atoms. The average molecular weight is 236 g/mol. The summed E-state index contributed by atoms with van der Waals surface area (Å²) in [6, 6.07) is 1.86. The van der Waals surface area contributed by atoms with Crippen LogP contribution in [0.3, 0.4) is 0 Å². The van der Waals surface area contributed by atoms with Crippen molar-refractivity contribution < 1.29 is 4.74 Å². The van der Waals surface area contributed by atoms with Gasteiger partial charge >= 0.3 is 0 Å². The Kier molecular flexibility index (Phi) is 3.81. The van der Waals surface area contributed by atoms with E-state index in [1.165, 1.54) is 0 Å². The average Bonchev–Trinajstić information content (AvgIpc) is 2.31. The highest BCUT2D eigenvalue weighted by molar-refractivity contribution is 5.53. The van der Waals surface area contributed by atoms with Gasteiger partial charge in [0.15, 0.2) is 0 Å². The second kappa shape index (κ2) is 5.33. The summed E-state index contributed by atoms with van der Waals surface area (Å²) in [6.45, 7) is 5.47. The Bertz CT molecular complexity index is 383. The molecule has 5 heteroatoms. The van der Waals surface area contributed by atoms with Crippen molar-refractivity contribution in [1.29, 1.82) is 0 Å². The summed E-state index contributed by atoms with van der Waals surface area (Å²) in [5, 5.41) is 3.26. The van der Waals surface area contributed by atoms with Crippen LogP contribution in [0.4, 0.5) is 11.5 Å². The van der Waals surface area contributed by atoms with Crippen LogP contribution in [0.5, 0.6) is 0 Å². The van der Waals surface area contributed by atoms with Gasteiger partial charge in [0.05, 0.1) is 12.7 Å². The number of ether oxygens (including phenoxy) is 1. The quantitative estimate of drug-likeness (QED) is 0.809. The molecule has 1 aliphatic heterocycles. The predicted molar refractivity (Wildman–Crippen MR) is 69.1 cm³/mol. The van der Waals surface area contributed by atoms with Gasteiger partial charge in [0.2, 0.25) is 0 Å². The van der Waals surface area contributed by atoms with Gasteiger partial charge in [-0.15, -0.1) is 0 Å². The molecule has 2 heterocycles. The minimum Gasteiger partial charge on any atom is -0.398 e. The third-order valence-corrected chi connectivity index (χ3v) is 3.00. The number of nitrogen functional groups attached to an aromatic ring is 1. The molecule has 1 aromatic heterocycles. The number of nitrogens with two attached hydrogens (primary N) is 1. The maximum absolute atomic E-state index is 5.83. The lowest BCUT2D eigenvalue weighted by atomic mass is 10.2. The minimum atomic E-state index is 0.220. The normalized spacial score (nSPS) is 21.4. The van der Waals surface area contributed by atoms with Crippen molar-refractivity contribution in [1.82, 2.24) is 9.88 Å². The number of pyridine rings is 1. The lowest BCUT2D eigenvalue weighted by molar-refractivity contribution is -0.0117. The van der Waals surface area contributed by atoms with E-state index in [0.717, 1.165) is 43.3 Å². The lowest BCUT2D eigenvalue weighted by Crippen LogP contribution is -2.43. The smallest absolute Gasteiger partial charge is 0.128 e. The lowest BCUT2D eigenvalue weighted by Gasteiger charge is -2.30. The summed E-state index contributed by atoms with van der Waals surface area (Å²) in [4.78, 5) is 6.55. The predicted octanol–water partition coefficient (Wildman–Crippen LogP) is 0.715. The number of nitrogens with zero attached hydrogens (tertiary/aromatic N) is 2. The molecule has 0 aliphatic carbocycles. The fraction of sp³-hybridized carbons (Fsp3) is 0.583. The van der Waals surface area contributed by atoms with Crippen LogP contribution in [0.15, 0.2) is 12.3 Å². The molecule has 1 saturated heterocycles. The first-order valence-corrected chi connectivity index (χ1v) is 5.91. The second-order valence-electron chi connectivity index (χ2n) is 4.56. The van der Waals surface area contributed by atoms with Gasteiger partial charge in [-0.05, 0) is 19.5 Å². The number of likely N-dealkylation sites (N-methyl/N-ethyl adjacent to an activating group) is 1. The summed E-state index contributed by atoms with van der Waals surface area (Å²) in [5.41, 5.74) is 7.60. The molecule has 1 atom stereocenters. The van der Waals surface area contributed by atoms with E-state index in [1.54, 1.807) is 6.20 Å². The highest BCUT2D eigenvalue weighted by atomic mass is 16.5.